The molecule has 1 unspecified atom stereocenters. The van der Waals surface area contributed by atoms with Crippen molar-refractivity contribution in [1.82, 2.24) is 5.32 Å². The lowest BCUT2D eigenvalue weighted by Gasteiger charge is -2.38. The fourth-order valence-corrected chi connectivity index (χ4v) is 3.59. The van der Waals surface area contributed by atoms with Gasteiger partial charge in [0.2, 0.25) is 0 Å². The van der Waals surface area contributed by atoms with Crippen LogP contribution in [0.3, 0.4) is 0 Å². The summed E-state index contributed by atoms with van der Waals surface area (Å²) in [4.78, 5) is 0. The van der Waals surface area contributed by atoms with Gasteiger partial charge in [-0.1, -0.05) is 6.92 Å². The van der Waals surface area contributed by atoms with Crippen LogP contribution < -0.4 is 5.32 Å². The molecule has 1 N–H and O–H groups in total. The predicted molar refractivity (Wildman–Crippen MR) is 72.2 cm³/mol. The second-order valence-corrected chi connectivity index (χ2v) is 6.98. The van der Waals surface area contributed by atoms with Crippen LogP contribution in [0.1, 0.15) is 66.2 Å². The van der Waals surface area contributed by atoms with E-state index in [1.165, 1.54) is 38.5 Å². The van der Waals surface area contributed by atoms with Gasteiger partial charge in [-0.2, -0.15) is 0 Å². The number of hydrogen-bond donors (Lipinski definition) is 1. The topological polar surface area (TPSA) is 21.3 Å². The Morgan fingerprint density at radius 3 is 2.41 bits per heavy atom. The molecule has 100 valence electrons. The summed E-state index contributed by atoms with van der Waals surface area (Å²) in [7, 11) is 0. The highest BCUT2D eigenvalue weighted by molar-refractivity contribution is 4.97. The van der Waals surface area contributed by atoms with Crippen LogP contribution in [0, 0.1) is 5.41 Å². The van der Waals surface area contributed by atoms with Gasteiger partial charge in [0, 0.05) is 12.1 Å². The van der Waals surface area contributed by atoms with Crippen LogP contribution in [0.5, 0.6) is 0 Å². The van der Waals surface area contributed by atoms with Crippen LogP contribution in [0.2, 0.25) is 0 Å². The maximum atomic E-state index is 5.95. The van der Waals surface area contributed by atoms with Gasteiger partial charge in [0.25, 0.3) is 0 Å². The number of hydrogen-bond acceptors (Lipinski definition) is 2. The van der Waals surface area contributed by atoms with Crippen LogP contribution in [0.25, 0.3) is 0 Å². The highest BCUT2D eigenvalue weighted by atomic mass is 16.5. The van der Waals surface area contributed by atoms with E-state index in [1.54, 1.807) is 0 Å². The average Bonchev–Trinajstić information content (AvgIpc) is 2.58. The first kappa shape index (κ1) is 13.4. The van der Waals surface area contributed by atoms with E-state index in [2.05, 4.69) is 33.0 Å². The molecule has 0 aromatic heterocycles. The Balaban J connectivity index is 1.82. The first-order valence-electron chi connectivity index (χ1n) is 7.35. The summed E-state index contributed by atoms with van der Waals surface area (Å²) in [5.41, 5.74) is 0.633. The molecule has 1 aliphatic carbocycles. The lowest BCUT2D eigenvalue weighted by atomic mass is 9.69. The molecule has 0 radical (unpaired) electrons. The summed E-state index contributed by atoms with van der Waals surface area (Å²) < 4.78 is 5.95. The third-order valence-corrected chi connectivity index (χ3v) is 4.75. The Labute approximate surface area is 107 Å². The zero-order chi connectivity index (χ0) is 12.5. The molecule has 1 heterocycles. The second-order valence-electron chi connectivity index (χ2n) is 6.98. The minimum Gasteiger partial charge on any atom is -0.375 e. The van der Waals surface area contributed by atoms with Crippen molar-refractivity contribution < 1.29 is 4.74 Å². The average molecular weight is 239 g/mol. The van der Waals surface area contributed by atoms with Crippen molar-refractivity contribution >= 4 is 0 Å². The Morgan fingerprint density at radius 2 is 1.94 bits per heavy atom. The molecular formula is C15H29NO. The normalized spacial score (nSPS) is 38.5. The largest absolute Gasteiger partial charge is 0.375 e. The van der Waals surface area contributed by atoms with E-state index in [0.717, 1.165) is 12.6 Å². The molecule has 0 bridgehead atoms. The molecule has 0 aromatic rings. The number of ether oxygens (including phenoxy) is 1. The highest BCUT2D eigenvalue weighted by Gasteiger charge is 2.45. The summed E-state index contributed by atoms with van der Waals surface area (Å²) >= 11 is 0. The molecule has 1 aliphatic heterocycles. The molecule has 2 fully saturated rings. The van der Waals surface area contributed by atoms with Gasteiger partial charge in [0.05, 0.1) is 12.2 Å². The highest BCUT2D eigenvalue weighted by Crippen LogP contribution is 2.48. The fourth-order valence-electron chi connectivity index (χ4n) is 3.59. The molecular weight excluding hydrogens is 210 g/mol. The van der Waals surface area contributed by atoms with Crippen LogP contribution >= 0.6 is 0 Å². The molecule has 2 heteroatoms. The number of nitrogens with one attached hydrogen (secondary N) is 1. The summed E-state index contributed by atoms with van der Waals surface area (Å²) in [5, 5.41) is 3.75. The SMILES string of the molecule is CCC(C)NC1CCC2(CC1)COC(C)(C)C2. The van der Waals surface area contributed by atoms with Crippen molar-refractivity contribution in [2.45, 2.75) is 83.9 Å². The van der Waals surface area contributed by atoms with Gasteiger partial charge in [-0.25, -0.2) is 0 Å². The second kappa shape index (κ2) is 4.89. The monoisotopic (exact) mass is 239 g/mol. The quantitative estimate of drug-likeness (QED) is 0.814. The van der Waals surface area contributed by atoms with E-state index in [1.807, 2.05) is 0 Å². The maximum absolute atomic E-state index is 5.95. The van der Waals surface area contributed by atoms with Crippen LogP contribution in [0.15, 0.2) is 0 Å². The Bertz CT molecular complexity index is 254. The minimum absolute atomic E-state index is 0.122. The zero-order valence-corrected chi connectivity index (χ0v) is 12.0. The standard InChI is InChI=1S/C15H29NO/c1-5-12(2)16-13-6-8-15(9-7-13)10-14(3,4)17-11-15/h12-13,16H,5-11H2,1-4H3. The molecule has 0 amide bonds. The van der Waals surface area contributed by atoms with Crippen molar-refractivity contribution in [3.05, 3.63) is 0 Å². The Morgan fingerprint density at radius 1 is 1.29 bits per heavy atom. The van der Waals surface area contributed by atoms with E-state index < -0.39 is 0 Å². The summed E-state index contributed by atoms with van der Waals surface area (Å²) in [6.45, 7) is 10.0. The molecule has 1 saturated carbocycles. The fraction of sp³-hybridized carbons (Fsp3) is 1.00. The van der Waals surface area contributed by atoms with Gasteiger partial charge in [-0.05, 0) is 64.7 Å². The third kappa shape index (κ3) is 3.23. The molecule has 2 aliphatic rings. The summed E-state index contributed by atoms with van der Waals surface area (Å²) in [6.07, 6.45) is 7.87. The van der Waals surface area contributed by atoms with Gasteiger partial charge >= 0.3 is 0 Å². The minimum atomic E-state index is 0.122. The van der Waals surface area contributed by atoms with Crippen molar-refractivity contribution in [2.75, 3.05) is 6.61 Å². The molecule has 1 atom stereocenters. The lowest BCUT2D eigenvalue weighted by Crippen LogP contribution is -2.42. The smallest absolute Gasteiger partial charge is 0.0632 e. The molecule has 2 nitrogen and oxygen atoms in total. The molecule has 17 heavy (non-hydrogen) atoms. The van der Waals surface area contributed by atoms with E-state index in [9.17, 15) is 0 Å². The van der Waals surface area contributed by atoms with Gasteiger partial charge in [-0.3, -0.25) is 0 Å². The number of rotatable bonds is 3. The molecule has 0 aromatic carbocycles. The van der Waals surface area contributed by atoms with Crippen LogP contribution in [-0.4, -0.2) is 24.3 Å². The maximum Gasteiger partial charge on any atom is 0.0632 e. The Kier molecular flexibility index (Phi) is 3.84. The first-order valence-corrected chi connectivity index (χ1v) is 7.35. The van der Waals surface area contributed by atoms with E-state index >= 15 is 0 Å². The van der Waals surface area contributed by atoms with Crippen LogP contribution in [-0.2, 0) is 4.74 Å². The van der Waals surface area contributed by atoms with Gasteiger partial charge in [0.1, 0.15) is 0 Å². The van der Waals surface area contributed by atoms with Crippen molar-refractivity contribution in [1.29, 1.82) is 0 Å². The third-order valence-electron chi connectivity index (χ3n) is 4.75. The van der Waals surface area contributed by atoms with Crippen LogP contribution in [0.4, 0.5) is 0 Å². The molecule has 1 saturated heterocycles. The van der Waals surface area contributed by atoms with E-state index in [0.29, 0.717) is 11.5 Å². The van der Waals surface area contributed by atoms with Crippen molar-refractivity contribution in [3.63, 3.8) is 0 Å². The summed E-state index contributed by atoms with van der Waals surface area (Å²) in [6, 6.07) is 1.42. The van der Waals surface area contributed by atoms with E-state index in [4.69, 9.17) is 4.74 Å². The van der Waals surface area contributed by atoms with E-state index in [-0.39, 0.29) is 5.60 Å². The summed E-state index contributed by atoms with van der Waals surface area (Å²) in [5.74, 6) is 0. The predicted octanol–water partition coefficient (Wildman–Crippen LogP) is 3.50. The van der Waals surface area contributed by atoms with Crippen molar-refractivity contribution in [3.8, 4) is 0 Å². The molecule has 2 rings (SSSR count). The lowest BCUT2D eigenvalue weighted by molar-refractivity contribution is 0.0276. The first-order chi connectivity index (χ1) is 7.95. The van der Waals surface area contributed by atoms with Gasteiger partial charge in [-0.15, -0.1) is 0 Å². The zero-order valence-electron chi connectivity index (χ0n) is 12.0. The Hall–Kier alpha value is -0.0800. The molecule has 1 spiro atoms. The van der Waals surface area contributed by atoms with Gasteiger partial charge in [0.15, 0.2) is 0 Å². The van der Waals surface area contributed by atoms with Crippen molar-refractivity contribution in [2.24, 2.45) is 5.41 Å². The van der Waals surface area contributed by atoms with Gasteiger partial charge < -0.3 is 10.1 Å².